The maximum absolute atomic E-state index is 11.7. The Morgan fingerprint density at radius 1 is 1.29 bits per heavy atom. The number of hydrogen-bond donors (Lipinski definition) is 0. The molecule has 0 unspecified atom stereocenters. The summed E-state index contributed by atoms with van der Waals surface area (Å²) in [4.78, 5) is 18.6. The third-order valence-corrected chi connectivity index (χ3v) is 5.51. The molecule has 6 heteroatoms. The maximum Gasteiger partial charge on any atom is 0.309 e. The monoisotopic (exact) mass is 326 g/mol. The molecule has 4 rings (SSSR count). The van der Waals surface area contributed by atoms with Crippen LogP contribution >= 0.6 is 0 Å². The Labute approximate surface area is 141 Å². The Morgan fingerprint density at radius 2 is 2.04 bits per heavy atom. The van der Waals surface area contributed by atoms with Gasteiger partial charge in [0.2, 0.25) is 0 Å². The smallest absolute Gasteiger partial charge is 0.309 e. The van der Waals surface area contributed by atoms with Crippen molar-refractivity contribution in [3.63, 3.8) is 0 Å². The summed E-state index contributed by atoms with van der Waals surface area (Å²) in [5, 5.41) is 4.36. The molecule has 0 bridgehead atoms. The Kier molecular flexibility index (Phi) is 3.84. The van der Waals surface area contributed by atoms with Crippen LogP contribution < -0.4 is 0 Å². The minimum absolute atomic E-state index is 0.0349. The van der Waals surface area contributed by atoms with Crippen LogP contribution in [0, 0.1) is 11.3 Å². The van der Waals surface area contributed by atoms with Crippen LogP contribution in [0.25, 0.3) is 5.69 Å². The van der Waals surface area contributed by atoms with Crippen molar-refractivity contribution in [2.75, 3.05) is 20.2 Å². The summed E-state index contributed by atoms with van der Waals surface area (Å²) in [5.74, 6) is 1.04. The molecular weight excluding hydrogens is 304 g/mol. The second-order valence-corrected chi connectivity index (χ2v) is 6.84. The fourth-order valence-corrected chi connectivity index (χ4v) is 3.89. The topological polar surface area (TPSA) is 60.2 Å². The van der Waals surface area contributed by atoms with Crippen molar-refractivity contribution in [2.24, 2.45) is 11.3 Å². The number of ether oxygens (including phenoxy) is 1. The van der Waals surface area contributed by atoms with E-state index in [0.29, 0.717) is 0 Å². The lowest BCUT2D eigenvalue weighted by molar-refractivity contribution is -0.143. The fourth-order valence-electron chi connectivity index (χ4n) is 3.89. The van der Waals surface area contributed by atoms with E-state index in [0.717, 1.165) is 50.4 Å². The standard InChI is InChI=1S/C18H22N4O2/c1-24-17(23)15-11-18(15)7-9-21(10-8-18)12-16-19-13-20-22(16)14-5-3-2-4-6-14/h2-6,13,15H,7-12H2,1H3/t15-/m0/s1. The van der Waals surface area contributed by atoms with Crippen LogP contribution in [-0.2, 0) is 16.1 Å². The van der Waals surface area contributed by atoms with Gasteiger partial charge in [-0.2, -0.15) is 5.10 Å². The quantitative estimate of drug-likeness (QED) is 0.805. The molecular formula is C18H22N4O2. The van der Waals surface area contributed by atoms with E-state index in [2.05, 4.69) is 15.0 Å². The van der Waals surface area contributed by atoms with Crippen LogP contribution in [0.1, 0.15) is 25.1 Å². The largest absolute Gasteiger partial charge is 0.469 e. The number of para-hydroxylation sites is 1. The highest BCUT2D eigenvalue weighted by atomic mass is 16.5. The number of hydrogen-bond acceptors (Lipinski definition) is 5. The number of methoxy groups -OCH3 is 1. The molecule has 6 nitrogen and oxygen atoms in total. The normalized spacial score (nSPS) is 22.5. The van der Waals surface area contributed by atoms with Crippen LogP contribution in [0.5, 0.6) is 0 Å². The highest BCUT2D eigenvalue weighted by Gasteiger charge is 2.59. The maximum atomic E-state index is 11.7. The summed E-state index contributed by atoms with van der Waals surface area (Å²) in [7, 11) is 1.49. The number of carbonyl (C=O) groups excluding carboxylic acids is 1. The van der Waals surface area contributed by atoms with Gasteiger partial charge in [-0.15, -0.1) is 0 Å². The molecule has 1 atom stereocenters. The number of benzene rings is 1. The predicted octanol–water partition coefficient (Wildman–Crippen LogP) is 2.04. The van der Waals surface area contributed by atoms with E-state index in [1.807, 2.05) is 35.0 Å². The number of piperidine rings is 1. The van der Waals surface area contributed by atoms with Gasteiger partial charge in [0.1, 0.15) is 12.2 Å². The lowest BCUT2D eigenvalue weighted by Crippen LogP contribution is -2.36. The molecule has 1 aliphatic heterocycles. The predicted molar refractivity (Wildman–Crippen MR) is 88.4 cm³/mol. The fraction of sp³-hybridized carbons (Fsp3) is 0.500. The van der Waals surface area contributed by atoms with Gasteiger partial charge in [-0.05, 0) is 49.9 Å². The first-order valence-electron chi connectivity index (χ1n) is 8.46. The van der Waals surface area contributed by atoms with Crippen molar-refractivity contribution in [1.29, 1.82) is 0 Å². The Balaban J connectivity index is 1.39. The lowest BCUT2D eigenvalue weighted by atomic mass is 9.91. The van der Waals surface area contributed by atoms with Gasteiger partial charge >= 0.3 is 5.97 Å². The number of nitrogens with zero attached hydrogens (tertiary/aromatic N) is 4. The van der Waals surface area contributed by atoms with E-state index < -0.39 is 0 Å². The Morgan fingerprint density at radius 3 is 2.75 bits per heavy atom. The Hall–Kier alpha value is -2.21. The van der Waals surface area contributed by atoms with Gasteiger partial charge in [0.15, 0.2) is 0 Å². The van der Waals surface area contributed by atoms with Gasteiger partial charge in [0.05, 0.1) is 25.3 Å². The SMILES string of the molecule is COC(=O)[C@@H]1CC12CCN(Cc1ncnn1-c1ccccc1)CC2. The molecule has 0 N–H and O–H groups in total. The number of likely N-dealkylation sites (tertiary alicyclic amines) is 1. The van der Waals surface area contributed by atoms with Gasteiger partial charge in [-0.25, -0.2) is 9.67 Å². The third kappa shape index (κ3) is 2.71. The average Bonchev–Trinajstić information content (AvgIpc) is 3.13. The molecule has 1 aromatic heterocycles. The van der Waals surface area contributed by atoms with E-state index in [1.165, 1.54) is 7.11 Å². The molecule has 2 aliphatic rings. The number of rotatable bonds is 4. The van der Waals surface area contributed by atoms with Crippen LogP contribution in [0.2, 0.25) is 0 Å². The first kappa shape index (κ1) is 15.3. The van der Waals surface area contributed by atoms with Gasteiger partial charge in [0, 0.05) is 0 Å². The summed E-state index contributed by atoms with van der Waals surface area (Å²) in [6.45, 7) is 2.78. The molecule has 0 radical (unpaired) electrons. The average molecular weight is 326 g/mol. The van der Waals surface area contributed by atoms with Crippen LogP contribution in [0.15, 0.2) is 36.7 Å². The summed E-state index contributed by atoms with van der Waals surface area (Å²) >= 11 is 0. The van der Waals surface area contributed by atoms with Crippen molar-refractivity contribution in [1.82, 2.24) is 19.7 Å². The summed E-state index contributed by atoms with van der Waals surface area (Å²) in [6.07, 6.45) is 4.73. The van der Waals surface area contributed by atoms with Crippen molar-refractivity contribution in [2.45, 2.75) is 25.8 Å². The highest BCUT2D eigenvalue weighted by molar-refractivity contribution is 5.76. The van der Waals surface area contributed by atoms with Gasteiger partial charge < -0.3 is 4.74 Å². The second kappa shape index (κ2) is 6.02. The van der Waals surface area contributed by atoms with Crippen LogP contribution in [0.4, 0.5) is 0 Å². The third-order valence-electron chi connectivity index (χ3n) is 5.51. The van der Waals surface area contributed by atoms with E-state index in [4.69, 9.17) is 4.74 Å². The van der Waals surface area contributed by atoms with Crippen molar-refractivity contribution >= 4 is 5.97 Å². The van der Waals surface area contributed by atoms with E-state index in [9.17, 15) is 4.79 Å². The van der Waals surface area contributed by atoms with E-state index in [1.54, 1.807) is 6.33 Å². The van der Waals surface area contributed by atoms with E-state index in [-0.39, 0.29) is 17.3 Å². The van der Waals surface area contributed by atoms with E-state index >= 15 is 0 Å². The van der Waals surface area contributed by atoms with Crippen molar-refractivity contribution < 1.29 is 9.53 Å². The van der Waals surface area contributed by atoms with Gasteiger partial charge in [0.25, 0.3) is 0 Å². The molecule has 1 aromatic carbocycles. The van der Waals surface area contributed by atoms with Crippen molar-refractivity contribution in [3.05, 3.63) is 42.5 Å². The molecule has 0 amide bonds. The minimum atomic E-state index is -0.0349. The number of carbonyl (C=O) groups is 1. The van der Waals surface area contributed by atoms with Crippen LogP contribution in [0.3, 0.4) is 0 Å². The molecule has 2 aromatic rings. The number of esters is 1. The first-order chi connectivity index (χ1) is 11.7. The van der Waals surface area contributed by atoms with Crippen molar-refractivity contribution in [3.8, 4) is 5.69 Å². The van der Waals surface area contributed by atoms with Gasteiger partial charge in [-0.1, -0.05) is 18.2 Å². The summed E-state index contributed by atoms with van der Waals surface area (Å²) < 4.78 is 6.81. The zero-order chi connectivity index (χ0) is 16.6. The molecule has 2 heterocycles. The van der Waals surface area contributed by atoms with Gasteiger partial charge in [-0.3, -0.25) is 9.69 Å². The second-order valence-electron chi connectivity index (χ2n) is 6.84. The molecule has 24 heavy (non-hydrogen) atoms. The lowest BCUT2D eigenvalue weighted by Gasteiger charge is -2.32. The molecule has 1 saturated heterocycles. The minimum Gasteiger partial charge on any atom is -0.469 e. The first-order valence-corrected chi connectivity index (χ1v) is 8.46. The highest BCUT2D eigenvalue weighted by Crippen LogP contribution is 2.59. The molecule has 1 saturated carbocycles. The molecule has 1 spiro atoms. The molecule has 2 fully saturated rings. The molecule has 126 valence electrons. The molecule has 1 aliphatic carbocycles. The van der Waals surface area contributed by atoms with Crippen LogP contribution in [-0.4, -0.2) is 45.8 Å². The summed E-state index contributed by atoms with van der Waals surface area (Å²) in [6, 6.07) is 10.1. The zero-order valence-electron chi connectivity index (χ0n) is 13.9. The summed E-state index contributed by atoms with van der Waals surface area (Å²) in [5.41, 5.74) is 1.24. The zero-order valence-corrected chi connectivity index (χ0v) is 13.9. The number of aromatic nitrogens is 3. The Bertz CT molecular complexity index is 720.